The number of rotatable bonds is 3. The predicted octanol–water partition coefficient (Wildman–Crippen LogP) is 2.22. The molecule has 0 radical (unpaired) electrons. The quantitative estimate of drug-likeness (QED) is 0.875. The highest BCUT2D eigenvalue weighted by Crippen LogP contribution is 2.25. The Morgan fingerprint density at radius 1 is 1.57 bits per heavy atom. The molecule has 1 heterocycles. The molecule has 1 aliphatic rings. The number of halogens is 1. The second kappa shape index (κ2) is 4.04. The second-order valence-electron chi connectivity index (χ2n) is 3.85. The third kappa shape index (κ3) is 2.19. The number of aliphatic hydroxyl groups excluding tert-OH is 1. The monoisotopic (exact) mass is 259 g/mol. The standard InChI is InChI=1S/C10H14BrNO2/c1-6(9-2-3-10(11)14-9)12-7-4-8(13)5-7/h2-3,6-8,12-13H,4-5H2,1H3. The van der Waals surface area contributed by atoms with E-state index >= 15 is 0 Å². The van der Waals surface area contributed by atoms with Gasteiger partial charge in [0.2, 0.25) is 0 Å². The van der Waals surface area contributed by atoms with Crippen LogP contribution in [0.4, 0.5) is 0 Å². The van der Waals surface area contributed by atoms with E-state index < -0.39 is 0 Å². The molecule has 2 rings (SSSR count). The topological polar surface area (TPSA) is 45.4 Å². The molecule has 14 heavy (non-hydrogen) atoms. The van der Waals surface area contributed by atoms with Crippen LogP contribution in [0.2, 0.25) is 0 Å². The van der Waals surface area contributed by atoms with E-state index in [1.54, 1.807) is 0 Å². The fraction of sp³-hybridized carbons (Fsp3) is 0.600. The summed E-state index contributed by atoms with van der Waals surface area (Å²) in [4.78, 5) is 0. The largest absolute Gasteiger partial charge is 0.453 e. The van der Waals surface area contributed by atoms with Gasteiger partial charge in [-0.15, -0.1) is 0 Å². The van der Waals surface area contributed by atoms with Gasteiger partial charge in [-0.3, -0.25) is 0 Å². The minimum Gasteiger partial charge on any atom is -0.453 e. The first-order valence-corrected chi connectivity index (χ1v) is 5.64. The van der Waals surface area contributed by atoms with E-state index in [2.05, 4.69) is 28.2 Å². The molecule has 0 saturated heterocycles. The van der Waals surface area contributed by atoms with Crippen molar-refractivity contribution in [1.82, 2.24) is 5.32 Å². The van der Waals surface area contributed by atoms with E-state index in [9.17, 15) is 0 Å². The van der Waals surface area contributed by atoms with Crippen LogP contribution in [0, 0.1) is 0 Å². The summed E-state index contributed by atoms with van der Waals surface area (Å²) in [5.74, 6) is 0.929. The minimum atomic E-state index is -0.108. The van der Waals surface area contributed by atoms with Crippen molar-refractivity contribution in [3.8, 4) is 0 Å². The Balaban J connectivity index is 1.86. The predicted molar refractivity (Wildman–Crippen MR) is 57.0 cm³/mol. The molecule has 1 aromatic heterocycles. The van der Waals surface area contributed by atoms with E-state index in [0.29, 0.717) is 6.04 Å². The van der Waals surface area contributed by atoms with Crippen molar-refractivity contribution < 1.29 is 9.52 Å². The van der Waals surface area contributed by atoms with E-state index in [1.807, 2.05) is 12.1 Å². The molecule has 0 aromatic carbocycles. The molecule has 1 unspecified atom stereocenters. The lowest BCUT2D eigenvalue weighted by Gasteiger charge is -2.34. The van der Waals surface area contributed by atoms with Gasteiger partial charge >= 0.3 is 0 Å². The van der Waals surface area contributed by atoms with Crippen LogP contribution in [0.5, 0.6) is 0 Å². The SMILES string of the molecule is CC(NC1CC(O)C1)c1ccc(Br)o1. The van der Waals surface area contributed by atoms with Crippen LogP contribution < -0.4 is 5.32 Å². The van der Waals surface area contributed by atoms with Gasteiger partial charge in [0, 0.05) is 6.04 Å². The van der Waals surface area contributed by atoms with Crippen LogP contribution in [0.3, 0.4) is 0 Å². The third-order valence-electron chi connectivity index (χ3n) is 2.62. The molecule has 0 aliphatic heterocycles. The van der Waals surface area contributed by atoms with Gasteiger partial charge in [-0.1, -0.05) is 0 Å². The van der Waals surface area contributed by atoms with Crippen molar-refractivity contribution >= 4 is 15.9 Å². The molecular weight excluding hydrogens is 246 g/mol. The number of hydrogen-bond donors (Lipinski definition) is 2. The minimum absolute atomic E-state index is 0.108. The van der Waals surface area contributed by atoms with Crippen LogP contribution in [0.25, 0.3) is 0 Å². The fourth-order valence-electron chi connectivity index (χ4n) is 1.72. The van der Waals surface area contributed by atoms with E-state index in [1.165, 1.54) is 0 Å². The summed E-state index contributed by atoms with van der Waals surface area (Å²) >= 11 is 3.27. The molecule has 1 aromatic rings. The first kappa shape index (κ1) is 10.2. The zero-order valence-electron chi connectivity index (χ0n) is 8.03. The van der Waals surface area contributed by atoms with Crippen LogP contribution >= 0.6 is 15.9 Å². The summed E-state index contributed by atoms with van der Waals surface area (Å²) in [6, 6.07) is 4.49. The average Bonchev–Trinajstić information content (AvgIpc) is 2.49. The van der Waals surface area contributed by atoms with Crippen LogP contribution in [-0.2, 0) is 0 Å². The maximum atomic E-state index is 9.13. The molecular formula is C10H14BrNO2. The molecule has 1 atom stereocenters. The number of hydrogen-bond acceptors (Lipinski definition) is 3. The number of nitrogens with one attached hydrogen (secondary N) is 1. The summed E-state index contributed by atoms with van der Waals surface area (Å²) in [6.45, 7) is 2.07. The Hall–Kier alpha value is -0.320. The summed E-state index contributed by atoms with van der Waals surface area (Å²) < 4.78 is 6.19. The maximum Gasteiger partial charge on any atom is 0.169 e. The molecule has 78 valence electrons. The molecule has 0 bridgehead atoms. The van der Waals surface area contributed by atoms with Gasteiger partial charge in [0.15, 0.2) is 4.67 Å². The Morgan fingerprint density at radius 3 is 2.79 bits per heavy atom. The van der Waals surface area contributed by atoms with Gasteiger partial charge in [0.05, 0.1) is 12.1 Å². The van der Waals surface area contributed by atoms with Gasteiger partial charge < -0.3 is 14.8 Å². The molecule has 3 nitrogen and oxygen atoms in total. The maximum absolute atomic E-state index is 9.13. The molecule has 0 amide bonds. The van der Waals surface area contributed by atoms with Crippen molar-refractivity contribution in [1.29, 1.82) is 0 Å². The lowest BCUT2D eigenvalue weighted by Crippen LogP contribution is -2.44. The van der Waals surface area contributed by atoms with Crippen LogP contribution in [-0.4, -0.2) is 17.3 Å². The number of furan rings is 1. The highest BCUT2D eigenvalue weighted by Gasteiger charge is 2.28. The molecule has 1 aliphatic carbocycles. The van der Waals surface area contributed by atoms with Gasteiger partial charge in [0.1, 0.15) is 5.76 Å². The fourth-order valence-corrected chi connectivity index (χ4v) is 2.04. The van der Waals surface area contributed by atoms with Crippen LogP contribution in [0.15, 0.2) is 21.2 Å². The first-order chi connectivity index (χ1) is 6.65. The molecule has 4 heteroatoms. The normalized spacial score (nSPS) is 28.5. The summed E-state index contributed by atoms with van der Waals surface area (Å²) in [5, 5.41) is 12.5. The second-order valence-corrected chi connectivity index (χ2v) is 4.63. The Morgan fingerprint density at radius 2 is 2.29 bits per heavy atom. The van der Waals surface area contributed by atoms with E-state index in [4.69, 9.17) is 9.52 Å². The zero-order chi connectivity index (χ0) is 10.1. The lowest BCUT2D eigenvalue weighted by atomic mass is 9.89. The highest BCUT2D eigenvalue weighted by molar-refractivity contribution is 9.10. The Labute approximate surface area is 91.6 Å². The number of aliphatic hydroxyl groups is 1. The van der Waals surface area contributed by atoms with Crippen molar-refractivity contribution in [2.45, 2.75) is 38.0 Å². The summed E-state index contributed by atoms with van der Waals surface area (Å²) in [6.07, 6.45) is 1.60. The molecule has 1 saturated carbocycles. The van der Waals surface area contributed by atoms with E-state index in [0.717, 1.165) is 23.3 Å². The van der Waals surface area contributed by atoms with Gasteiger partial charge in [0.25, 0.3) is 0 Å². The molecule has 2 N–H and O–H groups in total. The Bertz CT molecular complexity index is 307. The van der Waals surface area contributed by atoms with Gasteiger partial charge in [-0.2, -0.15) is 0 Å². The van der Waals surface area contributed by atoms with Gasteiger partial charge in [-0.25, -0.2) is 0 Å². The third-order valence-corrected chi connectivity index (χ3v) is 3.05. The van der Waals surface area contributed by atoms with Crippen molar-refractivity contribution in [3.63, 3.8) is 0 Å². The summed E-state index contributed by atoms with van der Waals surface area (Å²) in [7, 11) is 0. The summed E-state index contributed by atoms with van der Waals surface area (Å²) in [5.41, 5.74) is 0. The zero-order valence-corrected chi connectivity index (χ0v) is 9.62. The van der Waals surface area contributed by atoms with E-state index in [-0.39, 0.29) is 12.1 Å². The smallest absolute Gasteiger partial charge is 0.169 e. The van der Waals surface area contributed by atoms with Crippen LogP contribution in [0.1, 0.15) is 31.6 Å². The Kier molecular flexibility index (Phi) is 2.95. The van der Waals surface area contributed by atoms with Crippen molar-refractivity contribution in [2.75, 3.05) is 0 Å². The highest BCUT2D eigenvalue weighted by atomic mass is 79.9. The molecule has 1 fully saturated rings. The average molecular weight is 260 g/mol. The molecule has 0 spiro atoms. The first-order valence-electron chi connectivity index (χ1n) is 4.84. The lowest BCUT2D eigenvalue weighted by molar-refractivity contribution is 0.0573. The van der Waals surface area contributed by atoms with Gasteiger partial charge in [-0.05, 0) is 47.8 Å². The van der Waals surface area contributed by atoms with Crippen molar-refractivity contribution in [2.24, 2.45) is 0 Å². The van der Waals surface area contributed by atoms with Crippen molar-refractivity contribution in [3.05, 3.63) is 22.6 Å².